The van der Waals surface area contributed by atoms with Crippen molar-refractivity contribution in [3.8, 4) is 0 Å². The van der Waals surface area contributed by atoms with Crippen molar-refractivity contribution in [3.63, 3.8) is 0 Å². The Balaban J connectivity index is 2.22. The van der Waals surface area contributed by atoms with Gasteiger partial charge in [-0.05, 0) is 36.2 Å². The summed E-state index contributed by atoms with van der Waals surface area (Å²) in [5, 5.41) is 0.761. The molecule has 0 aromatic heterocycles. The highest BCUT2D eigenvalue weighted by Crippen LogP contribution is 2.27. The fourth-order valence-corrected chi connectivity index (χ4v) is 2.27. The first-order chi connectivity index (χ1) is 8.58. The number of hydrogen-bond donors (Lipinski definition) is 1. The van der Waals surface area contributed by atoms with Crippen LogP contribution in [0, 0.1) is 6.92 Å². The molecule has 0 atom stereocenters. The topological polar surface area (TPSA) is 29.3 Å². The van der Waals surface area contributed by atoms with Crippen LogP contribution in [0.4, 0.5) is 11.4 Å². The molecule has 0 heterocycles. The predicted octanol–water partition coefficient (Wildman–Crippen LogP) is 3.87. The molecule has 0 aliphatic carbocycles. The third kappa shape index (κ3) is 2.77. The number of anilines is 2. The van der Waals surface area contributed by atoms with Crippen LogP contribution in [0.25, 0.3) is 0 Å². The minimum absolute atomic E-state index is 0.761. The highest BCUT2D eigenvalue weighted by atomic mass is 35.5. The van der Waals surface area contributed by atoms with Crippen LogP contribution in [0.3, 0.4) is 0 Å². The van der Waals surface area contributed by atoms with Crippen molar-refractivity contribution in [2.24, 2.45) is 0 Å². The lowest BCUT2D eigenvalue weighted by molar-refractivity contribution is 0.919. The molecule has 2 nitrogen and oxygen atoms in total. The van der Waals surface area contributed by atoms with E-state index in [2.05, 4.69) is 17.9 Å². The van der Waals surface area contributed by atoms with E-state index in [-0.39, 0.29) is 0 Å². The summed E-state index contributed by atoms with van der Waals surface area (Å²) in [5.41, 5.74) is 10.3. The number of halogens is 1. The maximum atomic E-state index is 6.04. The summed E-state index contributed by atoms with van der Waals surface area (Å²) < 4.78 is 0. The summed E-state index contributed by atoms with van der Waals surface area (Å²) in [6, 6.07) is 13.9. The summed E-state index contributed by atoms with van der Waals surface area (Å²) >= 11 is 5.88. The van der Waals surface area contributed by atoms with Crippen LogP contribution < -0.4 is 10.6 Å². The van der Waals surface area contributed by atoms with Gasteiger partial charge in [0.05, 0.1) is 11.4 Å². The Labute approximate surface area is 113 Å². The molecule has 0 bridgehead atoms. The molecule has 0 saturated heterocycles. The van der Waals surface area contributed by atoms with Crippen molar-refractivity contribution in [2.45, 2.75) is 13.5 Å². The van der Waals surface area contributed by atoms with Gasteiger partial charge in [-0.3, -0.25) is 0 Å². The molecule has 0 amide bonds. The van der Waals surface area contributed by atoms with E-state index in [4.69, 9.17) is 17.3 Å². The maximum Gasteiger partial charge on any atom is 0.0630 e. The average molecular weight is 261 g/mol. The molecule has 0 spiro atoms. The summed E-state index contributed by atoms with van der Waals surface area (Å²) in [6.07, 6.45) is 0. The molecule has 18 heavy (non-hydrogen) atoms. The third-order valence-electron chi connectivity index (χ3n) is 2.98. The predicted molar refractivity (Wildman–Crippen MR) is 79.2 cm³/mol. The number of nitrogens with zero attached hydrogens (tertiary/aromatic N) is 1. The molecule has 2 rings (SSSR count). The number of para-hydroxylation sites is 1. The van der Waals surface area contributed by atoms with Crippen LogP contribution in [0.2, 0.25) is 5.02 Å². The molecular weight excluding hydrogens is 244 g/mol. The Morgan fingerprint density at radius 2 is 1.78 bits per heavy atom. The minimum atomic E-state index is 0.761. The second-order valence-corrected chi connectivity index (χ2v) is 4.93. The Bertz CT molecular complexity index is 514. The molecule has 2 aromatic rings. The van der Waals surface area contributed by atoms with Crippen LogP contribution in [-0.4, -0.2) is 7.05 Å². The lowest BCUT2D eigenvalue weighted by Gasteiger charge is -2.23. The van der Waals surface area contributed by atoms with Crippen LogP contribution in [0.15, 0.2) is 42.5 Å². The van der Waals surface area contributed by atoms with Crippen molar-refractivity contribution >= 4 is 23.0 Å². The molecule has 0 unspecified atom stereocenters. The quantitative estimate of drug-likeness (QED) is 0.849. The largest absolute Gasteiger partial charge is 0.397 e. The fraction of sp³-hybridized carbons (Fsp3) is 0.200. The van der Waals surface area contributed by atoms with Crippen molar-refractivity contribution in [1.29, 1.82) is 0 Å². The van der Waals surface area contributed by atoms with Gasteiger partial charge in [-0.2, -0.15) is 0 Å². The maximum absolute atomic E-state index is 6.04. The molecule has 0 radical (unpaired) electrons. The Morgan fingerprint density at radius 1 is 1.11 bits per heavy atom. The Morgan fingerprint density at radius 3 is 2.39 bits per heavy atom. The lowest BCUT2D eigenvalue weighted by Crippen LogP contribution is -2.18. The smallest absolute Gasteiger partial charge is 0.0630 e. The zero-order valence-electron chi connectivity index (χ0n) is 10.7. The standard InChI is InChI=1S/C15H17ClN2/c1-11-4-3-5-14(17)15(11)18(2)10-12-6-8-13(16)9-7-12/h3-9H,10,17H2,1-2H3. The molecule has 0 fully saturated rings. The number of rotatable bonds is 3. The van der Waals surface area contributed by atoms with Gasteiger partial charge in [-0.15, -0.1) is 0 Å². The minimum Gasteiger partial charge on any atom is -0.397 e. The number of hydrogen-bond acceptors (Lipinski definition) is 2. The molecule has 2 N–H and O–H groups in total. The fourth-order valence-electron chi connectivity index (χ4n) is 2.15. The van der Waals surface area contributed by atoms with E-state index in [1.165, 1.54) is 11.1 Å². The van der Waals surface area contributed by atoms with Crippen molar-refractivity contribution < 1.29 is 0 Å². The summed E-state index contributed by atoms with van der Waals surface area (Å²) in [7, 11) is 2.05. The van der Waals surface area contributed by atoms with Gasteiger partial charge in [0.15, 0.2) is 0 Å². The van der Waals surface area contributed by atoms with Gasteiger partial charge in [-0.1, -0.05) is 35.9 Å². The van der Waals surface area contributed by atoms with E-state index >= 15 is 0 Å². The zero-order chi connectivity index (χ0) is 13.1. The van der Waals surface area contributed by atoms with E-state index < -0.39 is 0 Å². The number of aryl methyl sites for hydroxylation is 1. The van der Waals surface area contributed by atoms with E-state index in [9.17, 15) is 0 Å². The SMILES string of the molecule is Cc1cccc(N)c1N(C)Cc1ccc(Cl)cc1. The molecular formula is C15H17ClN2. The highest BCUT2D eigenvalue weighted by Gasteiger charge is 2.08. The molecule has 3 heteroatoms. The Kier molecular flexibility index (Phi) is 3.78. The van der Waals surface area contributed by atoms with Crippen molar-refractivity contribution in [1.82, 2.24) is 0 Å². The summed E-state index contributed by atoms with van der Waals surface area (Å²) in [5.74, 6) is 0. The van der Waals surface area contributed by atoms with Crippen molar-refractivity contribution in [2.75, 3.05) is 17.7 Å². The molecule has 0 aliphatic heterocycles. The third-order valence-corrected chi connectivity index (χ3v) is 3.24. The first kappa shape index (κ1) is 12.8. The zero-order valence-corrected chi connectivity index (χ0v) is 11.4. The van der Waals surface area contributed by atoms with Gasteiger partial charge in [-0.25, -0.2) is 0 Å². The first-order valence-corrected chi connectivity index (χ1v) is 6.26. The Hall–Kier alpha value is -1.67. The number of nitrogen functional groups attached to an aromatic ring is 1. The lowest BCUT2D eigenvalue weighted by atomic mass is 10.1. The van der Waals surface area contributed by atoms with Crippen LogP contribution in [0.1, 0.15) is 11.1 Å². The number of benzene rings is 2. The summed E-state index contributed by atoms with van der Waals surface area (Å²) in [6.45, 7) is 2.89. The number of nitrogens with two attached hydrogens (primary N) is 1. The van der Waals surface area contributed by atoms with Gasteiger partial charge in [0, 0.05) is 18.6 Å². The van der Waals surface area contributed by atoms with E-state index in [1.807, 2.05) is 43.4 Å². The molecule has 0 aliphatic rings. The van der Waals surface area contributed by atoms with Gasteiger partial charge in [0.25, 0.3) is 0 Å². The van der Waals surface area contributed by atoms with E-state index in [1.54, 1.807) is 0 Å². The average Bonchev–Trinajstić information content (AvgIpc) is 2.32. The van der Waals surface area contributed by atoms with Crippen LogP contribution >= 0.6 is 11.6 Å². The van der Waals surface area contributed by atoms with Gasteiger partial charge in [0.1, 0.15) is 0 Å². The first-order valence-electron chi connectivity index (χ1n) is 5.88. The highest BCUT2D eigenvalue weighted by molar-refractivity contribution is 6.30. The molecule has 0 saturated carbocycles. The van der Waals surface area contributed by atoms with Gasteiger partial charge in [0.2, 0.25) is 0 Å². The van der Waals surface area contributed by atoms with Gasteiger partial charge < -0.3 is 10.6 Å². The van der Waals surface area contributed by atoms with E-state index in [0.717, 1.165) is 22.9 Å². The second kappa shape index (κ2) is 5.32. The van der Waals surface area contributed by atoms with Gasteiger partial charge >= 0.3 is 0 Å². The van der Waals surface area contributed by atoms with Crippen LogP contribution in [0.5, 0.6) is 0 Å². The summed E-state index contributed by atoms with van der Waals surface area (Å²) in [4.78, 5) is 2.16. The molecule has 2 aromatic carbocycles. The second-order valence-electron chi connectivity index (χ2n) is 4.50. The molecule has 94 valence electrons. The monoisotopic (exact) mass is 260 g/mol. The van der Waals surface area contributed by atoms with Crippen LogP contribution in [-0.2, 0) is 6.54 Å². The van der Waals surface area contributed by atoms with E-state index in [0.29, 0.717) is 0 Å². The van der Waals surface area contributed by atoms with Crippen molar-refractivity contribution in [3.05, 3.63) is 58.6 Å². The normalized spacial score (nSPS) is 10.4.